The minimum atomic E-state index is 0.137. The fraction of sp³-hybridized carbons (Fsp3) is 0.333. The Labute approximate surface area is 122 Å². The van der Waals surface area contributed by atoms with Gasteiger partial charge in [0, 0.05) is 23.9 Å². The van der Waals surface area contributed by atoms with Crippen LogP contribution < -0.4 is 4.74 Å². The van der Waals surface area contributed by atoms with E-state index in [0.717, 1.165) is 35.6 Å². The highest BCUT2D eigenvalue weighted by molar-refractivity contribution is 7.07. The number of aromatic nitrogens is 1. The van der Waals surface area contributed by atoms with E-state index in [1.807, 2.05) is 41.0 Å². The van der Waals surface area contributed by atoms with Gasteiger partial charge in [-0.3, -0.25) is 9.69 Å². The Morgan fingerprint density at radius 1 is 1.50 bits per heavy atom. The quantitative estimate of drug-likeness (QED) is 0.792. The molecule has 2 heterocycles. The lowest BCUT2D eigenvalue weighted by Gasteiger charge is -2.14. The van der Waals surface area contributed by atoms with Gasteiger partial charge in [0.15, 0.2) is 5.78 Å². The maximum absolute atomic E-state index is 12.3. The summed E-state index contributed by atoms with van der Waals surface area (Å²) in [6.45, 7) is 1.82. The summed E-state index contributed by atoms with van der Waals surface area (Å²) in [7, 11) is 1.94. The van der Waals surface area contributed by atoms with Crippen molar-refractivity contribution in [1.29, 1.82) is 0 Å². The zero-order valence-electron chi connectivity index (χ0n) is 11.3. The van der Waals surface area contributed by atoms with E-state index in [4.69, 9.17) is 4.74 Å². The molecule has 0 radical (unpaired) electrons. The molecule has 0 saturated carbocycles. The van der Waals surface area contributed by atoms with Crippen LogP contribution in [-0.2, 0) is 13.0 Å². The summed E-state index contributed by atoms with van der Waals surface area (Å²) in [6, 6.07) is 5.71. The van der Waals surface area contributed by atoms with Crippen molar-refractivity contribution in [2.75, 3.05) is 20.2 Å². The van der Waals surface area contributed by atoms with Gasteiger partial charge in [0.25, 0.3) is 0 Å². The van der Waals surface area contributed by atoms with Gasteiger partial charge in [-0.05, 0) is 30.8 Å². The number of ketones is 1. The van der Waals surface area contributed by atoms with Gasteiger partial charge in [-0.15, -0.1) is 11.3 Å². The van der Waals surface area contributed by atoms with E-state index >= 15 is 0 Å². The highest BCUT2D eigenvalue weighted by atomic mass is 32.1. The van der Waals surface area contributed by atoms with Crippen molar-refractivity contribution in [2.24, 2.45) is 0 Å². The third kappa shape index (κ3) is 2.89. The molecule has 1 aliphatic rings. The third-order valence-corrected chi connectivity index (χ3v) is 3.98. The lowest BCUT2D eigenvalue weighted by molar-refractivity contribution is 0.0942. The fourth-order valence-corrected chi connectivity index (χ4v) is 2.89. The molecule has 0 N–H and O–H groups in total. The van der Waals surface area contributed by atoms with E-state index in [1.165, 1.54) is 0 Å². The fourth-order valence-electron chi connectivity index (χ4n) is 2.34. The summed E-state index contributed by atoms with van der Waals surface area (Å²) < 4.78 is 5.46. The van der Waals surface area contributed by atoms with Gasteiger partial charge >= 0.3 is 0 Å². The van der Waals surface area contributed by atoms with Crippen LogP contribution in [0.2, 0.25) is 0 Å². The van der Waals surface area contributed by atoms with Gasteiger partial charge in [0.05, 0.1) is 24.4 Å². The summed E-state index contributed by atoms with van der Waals surface area (Å²) in [5.74, 6) is 1.05. The Morgan fingerprint density at radius 3 is 3.20 bits per heavy atom. The van der Waals surface area contributed by atoms with Crippen LogP contribution in [0.25, 0.3) is 0 Å². The highest BCUT2D eigenvalue weighted by Gasteiger charge is 2.16. The highest BCUT2D eigenvalue weighted by Crippen LogP contribution is 2.26. The van der Waals surface area contributed by atoms with Gasteiger partial charge in [0.1, 0.15) is 5.75 Å². The molecule has 1 aliphatic heterocycles. The van der Waals surface area contributed by atoms with Gasteiger partial charge < -0.3 is 4.74 Å². The number of likely N-dealkylation sites (N-methyl/N-ethyl adjacent to an activating group) is 1. The zero-order chi connectivity index (χ0) is 13.9. The van der Waals surface area contributed by atoms with E-state index in [-0.39, 0.29) is 5.78 Å². The van der Waals surface area contributed by atoms with Crippen molar-refractivity contribution in [2.45, 2.75) is 13.0 Å². The first-order valence-corrected chi connectivity index (χ1v) is 7.51. The molecule has 2 aromatic rings. The van der Waals surface area contributed by atoms with Gasteiger partial charge in [-0.1, -0.05) is 0 Å². The normalized spacial score (nSPS) is 13.3. The van der Waals surface area contributed by atoms with E-state index in [0.29, 0.717) is 13.1 Å². The number of ether oxygens (including phenoxy) is 1. The molecule has 3 rings (SSSR count). The maximum atomic E-state index is 12.3. The lowest BCUT2D eigenvalue weighted by Crippen LogP contribution is -2.25. The smallest absolute Gasteiger partial charge is 0.176 e. The first-order valence-electron chi connectivity index (χ1n) is 6.57. The van der Waals surface area contributed by atoms with Gasteiger partial charge in [-0.2, -0.15) is 0 Å². The number of carbonyl (C=O) groups excluding carboxylic acids is 1. The van der Waals surface area contributed by atoms with E-state index < -0.39 is 0 Å². The van der Waals surface area contributed by atoms with E-state index in [9.17, 15) is 4.79 Å². The van der Waals surface area contributed by atoms with Gasteiger partial charge in [-0.25, -0.2) is 4.98 Å². The molecule has 104 valence electrons. The molecule has 0 spiro atoms. The second-order valence-corrected chi connectivity index (χ2v) is 5.71. The summed E-state index contributed by atoms with van der Waals surface area (Å²) in [5.41, 5.74) is 4.72. The monoisotopic (exact) mass is 288 g/mol. The Hall–Kier alpha value is -1.72. The number of fused-ring (bicyclic) bond motifs is 1. The second-order valence-electron chi connectivity index (χ2n) is 5.00. The molecule has 0 amide bonds. The average Bonchev–Trinajstić information content (AvgIpc) is 3.07. The Bertz CT molecular complexity index is 610. The van der Waals surface area contributed by atoms with Crippen LogP contribution in [0, 0.1) is 0 Å². The molecule has 0 saturated heterocycles. The van der Waals surface area contributed by atoms with Crippen molar-refractivity contribution in [3.63, 3.8) is 0 Å². The standard InChI is InChI=1S/C15H16N2O2S/c1-17(7-13-9-20-10-16-13)8-14(18)11-2-3-15-12(6-11)4-5-19-15/h2-3,6,9-10H,4-5,7-8H2,1H3. The third-order valence-electron chi connectivity index (χ3n) is 3.34. The molecular weight excluding hydrogens is 272 g/mol. The molecule has 0 fully saturated rings. The molecule has 4 nitrogen and oxygen atoms in total. The largest absolute Gasteiger partial charge is 0.493 e. The summed E-state index contributed by atoms with van der Waals surface area (Å²) in [6.07, 6.45) is 0.894. The topological polar surface area (TPSA) is 42.4 Å². The van der Waals surface area contributed by atoms with Crippen molar-refractivity contribution in [1.82, 2.24) is 9.88 Å². The SMILES string of the molecule is CN(CC(=O)c1ccc2c(c1)CCO2)Cc1cscn1. The zero-order valence-corrected chi connectivity index (χ0v) is 12.2. The van der Waals surface area contributed by atoms with Crippen LogP contribution in [0.5, 0.6) is 5.75 Å². The minimum absolute atomic E-state index is 0.137. The number of hydrogen-bond donors (Lipinski definition) is 0. The molecule has 1 aromatic heterocycles. The Balaban J connectivity index is 1.64. The van der Waals surface area contributed by atoms with Crippen LogP contribution in [0.3, 0.4) is 0 Å². The number of benzene rings is 1. The number of hydrogen-bond acceptors (Lipinski definition) is 5. The lowest BCUT2D eigenvalue weighted by atomic mass is 10.1. The van der Waals surface area contributed by atoms with Crippen LogP contribution in [0.4, 0.5) is 0 Å². The number of carbonyl (C=O) groups is 1. The Morgan fingerprint density at radius 2 is 2.40 bits per heavy atom. The first kappa shape index (κ1) is 13.3. The minimum Gasteiger partial charge on any atom is -0.493 e. The summed E-state index contributed by atoms with van der Waals surface area (Å²) >= 11 is 1.57. The van der Waals surface area contributed by atoms with Gasteiger partial charge in [0.2, 0.25) is 0 Å². The second kappa shape index (κ2) is 5.73. The number of rotatable bonds is 5. The van der Waals surface area contributed by atoms with Crippen LogP contribution >= 0.6 is 11.3 Å². The van der Waals surface area contributed by atoms with E-state index in [1.54, 1.807) is 11.3 Å². The van der Waals surface area contributed by atoms with Crippen molar-refractivity contribution in [3.05, 3.63) is 45.9 Å². The number of nitrogens with zero attached hydrogens (tertiary/aromatic N) is 2. The molecule has 0 unspecified atom stereocenters. The molecule has 20 heavy (non-hydrogen) atoms. The van der Waals surface area contributed by atoms with Crippen molar-refractivity contribution < 1.29 is 9.53 Å². The van der Waals surface area contributed by atoms with Crippen molar-refractivity contribution in [3.8, 4) is 5.75 Å². The molecule has 5 heteroatoms. The first-order chi connectivity index (χ1) is 9.72. The van der Waals surface area contributed by atoms with Crippen LogP contribution in [-0.4, -0.2) is 35.9 Å². The molecule has 0 atom stereocenters. The van der Waals surface area contributed by atoms with Crippen molar-refractivity contribution >= 4 is 17.1 Å². The van der Waals surface area contributed by atoms with Crippen LogP contribution in [0.15, 0.2) is 29.1 Å². The molecule has 0 bridgehead atoms. The molecular formula is C15H16N2O2S. The number of thiazole rings is 1. The average molecular weight is 288 g/mol. The Kier molecular flexibility index (Phi) is 3.80. The molecule has 0 aliphatic carbocycles. The molecule has 1 aromatic carbocycles. The predicted molar refractivity (Wildman–Crippen MR) is 78.4 cm³/mol. The van der Waals surface area contributed by atoms with Crippen LogP contribution in [0.1, 0.15) is 21.6 Å². The predicted octanol–water partition coefficient (Wildman–Crippen LogP) is 2.39. The maximum Gasteiger partial charge on any atom is 0.176 e. The summed E-state index contributed by atoms with van der Waals surface area (Å²) in [4.78, 5) is 18.5. The summed E-state index contributed by atoms with van der Waals surface area (Å²) in [5, 5.41) is 2.01. The van der Waals surface area contributed by atoms with E-state index in [2.05, 4.69) is 4.98 Å². The number of Topliss-reactive ketones (excluding diaryl/α,β-unsaturated/α-hetero) is 1.